The van der Waals surface area contributed by atoms with Crippen LogP contribution in [-0.2, 0) is 34.1 Å². The highest BCUT2D eigenvalue weighted by Crippen LogP contribution is 2.42. The normalized spacial score (nSPS) is 13.4. The molecule has 250 valence electrons. The van der Waals surface area contributed by atoms with Crippen molar-refractivity contribution >= 4 is 22.2 Å². The number of aromatic nitrogens is 4. The third-order valence-electron chi connectivity index (χ3n) is 7.44. The Kier molecular flexibility index (Phi) is 11.5. The van der Waals surface area contributed by atoms with Crippen molar-refractivity contribution in [1.82, 2.24) is 25.5 Å². The molecule has 4 rings (SSSR count). The van der Waals surface area contributed by atoms with Crippen LogP contribution in [0, 0.1) is 0 Å². The number of tetrazole rings is 1. The van der Waals surface area contributed by atoms with Crippen LogP contribution in [0.4, 0.5) is 4.79 Å². The molecule has 1 heterocycles. The van der Waals surface area contributed by atoms with Crippen LogP contribution in [0.25, 0.3) is 0 Å². The summed E-state index contributed by atoms with van der Waals surface area (Å²) in [6, 6.07) is 28.3. The third kappa shape index (κ3) is 9.01. The van der Waals surface area contributed by atoms with Crippen molar-refractivity contribution in [3.05, 3.63) is 114 Å². The molecule has 12 nitrogen and oxygen atoms in total. The highest BCUT2D eigenvalue weighted by atomic mass is 32.2. The van der Waals surface area contributed by atoms with E-state index in [0.29, 0.717) is 12.2 Å². The largest absolute Gasteiger partial charge is 0.467 e. The van der Waals surface area contributed by atoms with Gasteiger partial charge in [-0.05, 0) is 67.2 Å². The minimum absolute atomic E-state index is 0.0135. The maximum Gasteiger partial charge on any atom is 0.408 e. The first-order valence-electron chi connectivity index (χ1n) is 15.2. The fourth-order valence-corrected chi connectivity index (χ4v) is 6.00. The lowest BCUT2D eigenvalue weighted by atomic mass is 9.76. The van der Waals surface area contributed by atoms with Gasteiger partial charge in [0.2, 0.25) is 0 Å². The summed E-state index contributed by atoms with van der Waals surface area (Å²) in [5.74, 6) is -0.878. The number of alkyl carbamates (subject to hydrolysis) is 1. The number of carbonyl (C=O) groups excluding carboxylic acids is 2. The van der Waals surface area contributed by atoms with Gasteiger partial charge in [-0.25, -0.2) is 14.3 Å². The summed E-state index contributed by atoms with van der Waals surface area (Å²) in [5.41, 5.74) is 0.756. The van der Waals surface area contributed by atoms with E-state index in [1.54, 1.807) is 25.5 Å². The number of hydrogen-bond acceptors (Lipinski definition) is 10. The highest BCUT2D eigenvalue weighted by Gasteiger charge is 2.43. The maximum atomic E-state index is 13.1. The van der Waals surface area contributed by atoms with Gasteiger partial charge in [-0.15, -0.1) is 5.10 Å². The summed E-state index contributed by atoms with van der Waals surface area (Å²) in [6.07, 6.45) is 0.781. The molecule has 13 heteroatoms. The lowest BCUT2D eigenvalue weighted by Gasteiger charge is -2.37. The van der Waals surface area contributed by atoms with Crippen molar-refractivity contribution < 1.29 is 31.7 Å². The Hall–Kier alpha value is -4.62. The Morgan fingerprint density at radius 2 is 1.38 bits per heavy atom. The molecular weight excluding hydrogens is 622 g/mol. The minimum Gasteiger partial charge on any atom is -0.467 e. The Labute approximate surface area is 275 Å². The Balaban J connectivity index is 1.89. The first kappa shape index (κ1) is 35.2. The molecule has 3 aromatic carbocycles. The van der Waals surface area contributed by atoms with Crippen molar-refractivity contribution in [2.45, 2.75) is 63.1 Å². The standard InChI is InChI=1S/C34H41N5O7S/c1-33(2,3)46-32(41)35-29(31(40)44-4)24-25(16-15-23-45-47(5,42)43)30-36-37-38-39(30)34(26-17-9-6-10-18-26,27-19-11-7-12-20-27)28-21-13-8-14-22-28/h6-14,17-22,25,29H,15-16,23-24H2,1-5H3,(H,35,41)/t25?,29-/m0/s1. The van der Waals surface area contributed by atoms with E-state index in [-0.39, 0.29) is 19.4 Å². The number of amides is 1. The molecule has 0 saturated heterocycles. The van der Waals surface area contributed by atoms with E-state index in [4.69, 9.17) is 13.7 Å². The number of methoxy groups -OCH3 is 1. The molecular formula is C34H41N5O7S. The molecule has 2 atom stereocenters. The lowest BCUT2D eigenvalue weighted by molar-refractivity contribution is -0.143. The topological polar surface area (TPSA) is 152 Å². The van der Waals surface area contributed by atoms with Gasteiger partial charge in [-0.3, -0.25) is 4.18 Å². The van der Waals surface area contributed by atoms with E-state index in [2.05, 4.69) is 20.8 Å². The average Bonchev–Trinajstić information content (AvgIpc) is 3.52. The molecule has 0 aliphatic rings. The number of rotatable bonds is 14. The van der Waals surface area contributed by atoms with Crippen LogP contribution in [0.2, 0.25) is 0 Å². The van der Waals surface area contributed by atoms with E-state index < -0.39 is 45.3 Å². The predicted molar refractivity (Wildman–Crippen MR) is 175 cm³/mol. The summed E-state index contributed by atoms with van der Waals surface area (Å²) in [6.45, 7) is 5.05. The molecule has 47 heavy (non-hydrogen) atoms. The summed E-state index contributed by atoms with van der Waals surface area (Å²) in [5, 5.41) is 15.9. The third-order valence-corrected chi connectivity index (χ3v) is 8.04. The maximum absolute atomic E-state index is 13.1. The fourth-order valence-electron chi connectivity index (χ4n) is 5.58. The average molecular weight is 664 g/mol. The monoisotopic (exact) mass is 663 g/mol. The van der Waals surface area contributed by atoms with Crippen LogP contribution in [0.15, 0.2) is 91.0 Å². The number of hydrogen-bond donors (Lipinski definition) is 1. The summed E-state index contributed by atoms with van der Waals surface area (Å²) < 4.78 is 40.7. The van der Waals surface area contributed by atoms with Crippen molar-refractivity contribution in [1.29, 1.82) is 0 Å². The van der Waals surface area contributed by atoms with Gasteiger partial charge in [0, 0.05) is 5.92 Å². The van der Waals surface area contributed by atoms with E-state index in [9.17, 15) is 18.0 Å². The molecule has 0 saturated carbocycles. The Morgan fingerprint density at radius 1 is 0.872 bits per heavy atom. The smallest absolute Gasteiger partial charge is 0.408 e. The van der Waals surface area contributed by atoms with Gasteiger partial charge in [0.25, 0.3) is 10.1 Å². The molecule has 0 fully saturated rings. The predicted octanol–water partition coefficient (Wildman–Crippen LogP) is 4.81. The molecule has 0 radical (unpaired) electrons. The number of ether oxygens (including phenoxy) is 2. The van der Waals surface area contributed by atoms with Crippen LogP contribution in [0.3, 0.4) is 0 Å². The highest BCUT2D eigenvalue weighted by molar-refractivity contribution is 7.85. The van der Waals surface area contributed by atoms with E-state index in [1.165, 1.54) is 7.11 Å². The first-order valence-corrected chi connectivity index (χ1v) is 17.0. The van der Waals surface area contributed by atoms with Crippen molar-refractivity contribution in [3.63, 3.8) is 0 Å². The van der Waals surface area contributed by atoms with E-state index >= 15 is 0 Å². The summed E-state index contributed by atoms with van der Waals surface area (Å²) in [7, 11) is -2.45. The molecule has 0 aliphatic carbocycles. The number of carbonyl (C=O) groups is 2. The SMILES string of the molecule is COC(=O)[C@H](CC(CCCOS(C)(=O)=O)c1nnnn1C(c1ccccc1)(c1ccccc1)c1ccccc1)NC(=O)OC(C)(C)C. The van der Waals surface area contributed by atoms with Crippen LogP contribution in [0.5, 0.6) is 0 Å². The molecule has 4 aromatic rings. The molecule has 1 N–H and O–H groups in total. The molecule has 1 amide bonds. The van der Waals surface area contributed by atoms with Gasteiger partial charge in [0.05, 0.1) is 20.0 Å². The number of nitrogens with one attached hydrogen (secondary N) is 1. The lowest BCUT2D eigenvalue weighted by Crippen LogP contribution is -2.45. The van der Waals surface area contributed by atoms with Crippen LogP contribution < -0.4 is 5.32 Å². The van der Waals surface area contributed by atoms with Gasteiger partial charge >= 0.3 is 12.1 Å². The fraction of sp³-hybridized carbons (Fsp3) is 0.382. The second-order valence-electron chi connectivity index (χ2n) is 12.1. The van der Waals surface area contributed by atoms with E-state index in [1.807, 2.05) is 91.0 Å². The van der Waals surface area contributed by atoms with Gasteiger partial charge in [0.15, 0.2) is 5.82 Å². The second-order valence-corrected chi connectivity index (χ2v) is 13.7. The molecule has 0 aliphatic heterocycles. The summed E-state index contributed by atoms with van der Waals surface area (Å²) in [4.78, 5) is 25.9. The minimum atomic E-state index is -3.68. The van der Waals surface area contributed by atoms with Gasteiger partial charge in [-0.1, -0.05) is 91.0 Å². The summed E-state index contributed by atoms with van der Waals surface area (Å²) >= 11 is 0. The first-order chi connectivity index (χ1) is 22.3. The zero-order chi connectivity index (χ0) is 34.1. The van der Waals surface area contributed by atoms with Gasteiger partial charge in [0.1, 0.15) is 17.2 Å². The van der Waals surface area contributed by atoms with Gasteiger partial charge in [-0.2, -0.15) is 8.42 Å². The van der Waals surface area contributed by atoms with Crippen LogP contribution >= 0.6 is 0 Å². The Morgan fingerprint density at radius 3 is 1.83 bits per heavy atom. The zero-order valence-corrected chi connectivity index (χ0v) is 28.0. The quantitative estimate of drug-likeness (QED) is 0.0861. The second kappa shape index (κ2) is 15.3. The Bertz CT molecular complexity index is 1610. The van der Waals surface area contributed by atoms with Crippen molar-refractivity contribution in [3.8, 4) is 0 Å². The van der Waals surface area contributed by atoms with Gasteiger partial charge < -0.3 is 14.8 Å². The molecule has 1 unspecified atom stereocenters. The van der Waals surface area contributed by atoms with Crippen LogP contribution in [-0.4, -0.2) is 72.3 Å². The number of nitrogens with zero attached hydrogens (tertiary/aromatic N) is 4. The molecule has 1 aromatic heterocycles. The molecule has 0 bridgehead atoms. The van der Waals surface area contributed by atoms with Crippen LogP contribution in [0.1, 0.15) is 68.5 Å². The number of esters is 1. The van der Waals surface area contributed by atoms with E-state index in [0.717, 1.165) is 22.9 Å². The van der Waals surface area contributed by atoms with Crippen molar-refractivity contribution in [2.24, 2.45) is 0 Å². The number of benzene rings is 3. The van der Waals surface area contributed by atoms with Crippen molar-refractivity contribution in [2.75, 3.05) is 20.0 Å². The molecule has 0 spiro atoms. The zero-order valence-electron chi connectivity index (χ0n) is 27.2.